The molecule has 1 aromatic heterocycles. The monoisotopic (exact) mass is 651 g/mol. The number of fused-ring (bicyclic) bond motifs is 7. The minimum Gasteiger partial charge on any atom is -0.208 e. The van der Waals surface area contributed by atoms with E-state index >= 15 is 0 Å². The third-order valence-corrected chi connectivity index (χ3v) is 10.7. The van der Waals surface area contributed by atoms with Gasteiger partial charge in [0.25, 0.3) is 0 Å². The van der Waals surface area contributed by atoms with Gasteiger partial charge in [0.05, 0.1) is 0 Å². The molecule has 1 aliphatic carbocycles. The van der Waals surface area contributed by atoms with Crippen LogP contribution < -0.4 is 0 Å². The minimum atomic E-state index is -0.0111. The van der Waals surface area contributed by atoms with Gasteiger partial charge in [-0.15, -0.1) is 0 Å². The summed E-state index contributed by atoms with van der Waals surface area (Å²) in [5, 5.41) is 6.96. The Bertz CT molecular complexity index is 2820. The molecule has 10 rings (SSSR count). The normalized spacial score (nSPS) is 13.1. The topological polar surface area (TPSA) is 38.7 Å². The summed E-state index contributed by atoms with van der Waals surface area (Å²) >= 11 is 0. The van der Waals surface area contributed by atoms with Gasteiger partial charge in [-0.2, -0.15) is 0 Å². The third kappa shape index (κ3) is 4.69. The quantitative estimate of drug-likeness (QED) is 0.140. The van der Waals surface area contributed by atoms with E-state index in [2.05, 4.69) is 159 Å². The first-order valence-electron chi connectivity index (χ1n) is 17.5. The average molecular weight is 652 g/mol. The Balaban J connectivity index is 1.15. The maximum atomic E-state index is 5.27. The van der Waals surface area contributed by atoms with E-state index in [1.54, 1.807) is 0 Å². The van der Waals surface area contributed by atoms with E-state index < -0.39 is 0 Å². The lowest BCUT2D eigenvalue weighted by molar-refractivity contribution is 0.660. The molecule has 8 aromatic carbocycles. The molecule has 0 amide bonds. The highest BCUT2D eigenvalue weighted by atomic mass is 15.0. The van der Waals surface area contributed by atoms with Crippen molar-refractivity contribution in [3.8, 4) is 56.4 Å². The van der Waals surface area contributed by atoms with Gasteiger partial charge in [0.15, 0.2) is 17.5 Å². The van der Waals surface area contributed by atoms with Crippen LogP contribution >= 0.6 is 0 Å². The van der Waals surface area contributed by atoms with Crippen molar-refractivity contribution < 1.29 is 0 Å². The Morgan fingerprint density at radius 3 is 1.75 bits per heavy atom. The van der Waals surface area contributed by atoms with E-state index in [-0.39, 0.29) is 5.41 Å². The molecule has 0 spiro atoms. The lowest BCUT2D eigenvalue weighted by Gasteiger charge is -2.21. The molecule has 0 unspecified atom stereocenters. The average Bonchev–Trinajstić information content (AvgIpc) is 3.42. The second-order valence-electron chi connectivity index (χ2n) is 14.0. The zero-order valence-electron chi connectivity index (χ0n) is 28.4. The van der Waals surface area contributed by atoms with E-state index in [4.69, 9.17) is 15.0 Å². The Morgan fingerprint density at radius 2 is 0.941 bits per heavy atom. The lowest BCUT2D eigenvalue weighted by atomic mass is 9.82. The number of hydrogen-bond donors (Lipinski definition) is 0. The molecule has 0 radical (unpaired) electrons. The smallest absolute Gasteiger partial charge is 0.165 e. The molecule has 3 nitrogen and oxygen atoms in total. The van der Waals surface area contributed by atoms with E-state index in [1.165, 1.54) is 38.6 Å². The van der Waals surface area contributed by atoms with Crippen molar-refractivity contribution in [1.82, 2.24) is 15.0 Å². The predicted octanol–water partition coefficient (Wildman–Crippen LogP) is 12.3. The summed E-state index contributed by atoms with van der Waals surface area (Å²) in [4.78, 5) is 15.6. The van der Waals surface area contributed by atoms with Crippen molar-refractivity contribution >= 4 is 32.3 Å². The molecule has 0 aliphatic heterocycles. The summed E-state index contributed by atoms with van der Waals surface area (Å²) in [6.07, 6.45) is 0. The van der Waals surface area contributed by atoms with Gasteiger partial charge in [-0.05, 0) is 72.4 Å². The van der Waals surface area contributed by atoms with Crippen LogP contribution in [0.4, 0.5) is 0 Å². The molecule has 0 bridgehead atoms. The molecule has 0 N–H and O–H groups in total. The maximum absolute atomic E-state index is 5.27. The van der Waals surface area contributed by atoms with E-state index in [0.717, 1.165) is 43.8 Å². The van der Waals surface area contributed by atoms with Crippen LogP contribution in [0.25, 0.3) is 88.7 Å². The highest BCUT2D eigenvalue weighted by Gasteiger charge is 2.35. The molecule has 3 heteroatoms. The van der Waals surface area contributed by atoms with Crippen molar-refractivity contribution in [3.05, 3.63) is 175 Å². The van der Waals surface area contributed by atoms with Crippen LogP contribution in [-0.4, -0.2) is 15.0 Å². The fourth-order valence-corrected chi connectivity index (χ4v) is 8.12. The number of nitrogens with zero attached hydrogens (tertiary/aromatic N) is 3. The van der Waals surface area contributed by atoms with Crippen molar-refractivity contribution in [2.45, 2.75) is 19.3 Å². The SMILES string of the molecule is CC1(C)c2ccccc2-c2cc(-c3ccc(-c4nc(-c5ccccc5)nc(-c5c6ccccc6cc6ccc7ccccc7c56)n4)cc3)ccc21. The molecule has 1 aliphatic rings. The molecular formula is C48H33N3. The van der Waals surface area contributed by atoms with Gasteiger partial charge in [0.2, 0.25) is 0 Å². The fraction of sp³-hybridized carbons (Fsp3) is 0.0625. The number of hydrogen-bond acceptors (Lipinski definition) is 3. The summed E-state index contributed by atoms with van der Waals surface area (Å²) in [6.45, 7) is 4.64. The first-order chi connectivity index (χ1) is 25.0. The minimum absolute atomic E-state index is 0.0111. The third-order valence-electron chi connectivity index (χ3n) is 10.7. The Labute approximate surface area is 297 Å². The zero-order valence-corrected chi connectivity index (χ0v) is 28.4. The molecule has 51 heavy (non-hydrogen) atoms. The molecule has 0 saturated heterocycles. The van der Waals surface area contributed by atoms with Crippen molar-refractivity contribution in [2.24, 2.45) is 0 Å². The van der Waals surface area contributed by atoms with Crippen molar-refractivity contribution in [2.75, 3.05) is 0 Å². The Hall–Kier alpha value is -6.45. The molecule has 0 atom stereocenters. The second kappa shape index (κ2) is 11.3. The summed E-state index contributed by atoms with van der Waals surface area (Å²) in [5.74, 6) is 1.97. The summed E-state index contributed by atoms with van der Waals surface area (Å²) in [7, 11) is 0. The largest absolute Gasteiger partial charge is 0.208 e. The Morgan fingerprint density at radius 1 is 0.373 bits per heavy atom. The van der Waals surface area contributed by atoms with Crippen molar-refractivity contribution in [3.63, 3.8) is 0 Å². The summed E-state index contributed by atoms with van der Waals surface area (Å²) in [5.41, 5.74) is 10.7. The molecular weight excluding hydrogens is 619 g/mol. The van der Waals surface area contributed by atoms with Gasteiger partial charge in [-0.3, -0.25) is 0 Å². The van der Waals surface area contributed by atoms with Crippen LogP contribution in [0.15, 0.2) is 164 Å². The van der Waals surface area contributed by atoms with Crippen LogP contribution in [0.3, 0.4) is 0 Å². The molecule has 0 fully saturated rings. The van der Waals surface area contributed by atoms with Gasteiger partial charge < -0.3 is 0 Å². The van der Waals surface area contributed by atoms with Gasteiger partial charge in [-0.25, -0.2) is 15.0 Å². The molecule has 240 valence electrons. The van der Waals surface area contributed by atoms with Gasteiger partial charge in [-0.1, -0.05) is 166 Å². The van der Waals surface area contributed by atoms with E-state index in [1.807, 2.05) is 18.2 Å². The highest BCUT2D eigenvalue weighted by molar-refractivity contribution is 6.21. The van der Waals surface area contributed by atoms with Crippen LogP contribution in [-0.2, 0) is 5.41 Å². The standard InChI is InChI=1S/C48H33N3/c1-48(2)41-19-11-10-18-39(41)40-29-34(26-27-42(40)48)30-20-23-33(24-21-30)46-49-45(32-13-4-3-5-14-32)50-47(51-46)44-38-17-9-7-15-35(38)28-36-25-22-31-12-6-8-16-37(31)43(36)44/h3-29H,1-2H3. The first kappa shape index (κ1) is 29.5. The van der Waals surface area contributed by atoms with Gasteiger partial charge in [0.1, 0.15) is 0 Å². The molecule has 9 aromatic rings. The van der Waals surface area contributed by atoms with Crippen LogP contribution in [0.1, 0.15) is 25.0 Å². The predicted molar refractivity (Wildman–Crippen MR) is 212 cm³/mol. The van der Waals surface area contributed by atoms with Crippen LogP contribution in [0, 0.1) is 0 Å². The van der Waals surface area contributed by atoms with Gasteiger partial charge >= 0.3 is 0 Å². The summed E-state index contributed by atoms with van der Waals surface area (Å²) < 4.78 is 0. The highest BCUT2D eigenvalue weighted by Crippen LogP contribution is 2.49. The molecule has 0 saturated carbocycles. The number of aromatic nitrogens is 3. The second-order valence-corrected chi connectivity index (χ2v) is 14.0. The van der Waals surface area contributed by atoms with Gasteiger partial charge in [0, 0.05) is 27.5 Å². The summed E-state index contributed by atoms with van der Waals surface area (Å²) in [6, 6.07) is 58.4. The van der Waals surface area contributed by atoms with Crippen LogP contribution in [0.2, 0.25) is 0 Å². The van der Waals surface area contributed by atoms with E-state index in [9.17, 15) is 0 Å². The Kier molecular flexibility index (Phi) is 6.53. The lowest BCUT2D eigenvalue weighted by Crippen LogP contribution is -2.14. The maximum Gasteiger partial charge on any atom is 0.165 e. The molecule has 1 heterocycles. The zero-order chi connectivity index (χ0) is 34.1. The number of rotatable bonds is 4. The van der Waals surface area contributed by atoms with Crippen molar-refractivity contribution in [1.29, 1.82) is 0 Å². The fourth-order valence-electron chi connectivity index (χ4n) is 8.12. The first-order valence-corrected chi connectivity index (χ1v) is 17.5. The van der Waals surface area contributed by atoms with E-state index in [0.29, 0.717) is 17.5 Å². The number of benzene rings is 8. The van der Waals surface area contributed by atoms with Crippen LogP contribution in [0.5, 0.6) is 0 Å².